The summed E-state index contributed by atoms with van der Waals surface area (Å²) in [5.74, 6) is 0.477. The zero-order valence-corrected chi connectivity index (χ0v) is 17.5. The van der Waals surface area contributed by atoms with E-state index < -0.39 is 5.41 Å². The van der Waals surface area contributed by atoms with Crippen molar-refractivity contribution in [2.45, 2.75) is 31.7 Å². The molecule has 4 heterocycles. The Bertz CT molecular complexity index is 1230. The van der Waals surface area contributed by atoms with E-state index in [0.717, 1.165) is 43.6 Å². The van der Waals surface area contributed by atoms with E-state index in [2.05, 4.69) is 5.32 Å². The van der Waals surface area contributed by atoms with Crippen LogP contribution in [0.5, 0.6) is 0 Å². The fourth-order valence-corrected chi connectivity index (χ4v) is 5.10. The van der Waals surface area contributed by atoms with Gasteiger partial charge in [0.25, 0.3) is 5.56 Å². The molecular weight excluding hydrogens is 394 g/mol. The van der Waals surface area contributed by atoms with Crippen LogP contribution < -0.4 is 10.9 Å². The van der Waals surface area contributed by atoms with Gasteiger partial charge in [-0.05, 0) is 36.5 Å². The first-order chi connectivity index (χ1) is 15.0. The second-order valence-electron chi connectivity index (χ2n) is 8.57. The van der Waals surface area contributed by atoms with Crippen LogP contribution in [0.4, 0.5) is 5.69 Å². The van der Waals surface area contributed by atoms with Crippen LogP contribution in [0.2, 0.25) is 0 Å². The summed E-state index contributed by atoms with van der Waals surface area (Å²) in [7, 11) is 0. The van der Waals surface area contributed by atoms with Gasteiger partial charge in [0.15, 0.2) is 0 Å². The summed E-state index contributed by atoms with van der Waals surface area (Å²) in [6.07, 6.45) is 3.96. The Balaban J connectivity index is 1.50. The minimum absolute atomic E-state index is 0.111. The van der Waals surface area contributed by atoms with Crippen LogP contribution in [0.3, 0.4) is 0 Å². The number of aromatic nitrogens is 1. The van der Waals surface area contributed by atoms with E-state index in [1.807, 2.05) is 35.2 Å². The predicted octanol–water partition coefficient (Wildman–Crippen LogP) is 2.76. The number of hydrogen-bond donors (Lipinski definition) is 1. The number of amides is 1. The average molecular weight is 419 g/mol. The molecule has 2 aromatic heterocycles. The number of carbonyl (C=O) groups excluding carboxylic acids is 2. The lowest BCUT2D eigenvalue weighted by Gasteiger charge is -2.27. The van der Waals surface area contributed by atoms with Crippen LogP contribution in [0.15, 0.2) is 51.9 Å². The number of fused-ring (bicyclic) bond motifs is 2. The quantitative estimate of drug-likeness (QED) is 0.643. The van der Waals surface area contributed by atoms with E-state index in [1.165, 1.54) is 6.26 Å². The van der Waals surface area contributed by atoms with Crippen molar-refractivity contribution in [3.05, 3.63) is 64.3 Å². The fourth-order valence-electron chi connectivity index (χ4n) is 5.10. The van der Waals surface area contributed by atoms with E-state index in [-0.39, 0.29) is 11.5 Å². The van der Waals surface area contributed by atoms with Gasteiger partial charge in [0, 0.05) is 50.6 Å². The molecule has 1 saturated heterocycles. The third kappa shape index (κ3) is 3.07. The zero-order chi connectivity index (χ0) is 21.6. The third-order valence-corrected chi connectivity index (χ3v) is 6.84. The van der Waals surface area contributed by atoms with E-state index in [1.54, 1.807) is 17.6 Å². The van der Waals surface area contributed by atoms with Crippen molar-refractivity contribution in [3.8, 4) is 0 Å². The molecule has 1 fully saturated rings. The Morgan fingerprint density at radius 1 is 1.29 bits per heavy atom. The lowest BCUT2D eigenvalue weighted by Crippen LogP contribution is -2.31. The van der Waals surface area contributed by atoms with Gasteiger partial charge in [-0.25, -0.2) is 0 Å². The highest BCUT2D eigenvalue weighted by molar-refractivity contribution is 5.83. The summed E-state index contributed by atoms with van der Waals surface area (Å²) in [6.45, 7) is 4.35. The molecule has 0 radical (unpaired) electrons. The Labute approximate surface area is 179 Å². The maximum Gasteiger partial charge on any atom is 0.261 e. The largest absolute Gasteiger partial charge is 0.464 e. The molecule has 2 unspecified atom stereocenters. The molecule has 160 valence electrons. The number of likely N-dealkylation sites (tertiary alicyclic amines) is 1. The number of anilines is 1. The lowest BCUT2D eigenvalue weighted by atomic mass is 9.77. The van der Waals surface area contributed by atoms with Crippen molar-refractivity contribution in [2.75, 3.05) is 25.0 Å². The fraction of sp³-hybridized carbons (Fsp3) is 0.375. The minimum atomic E-state index is -0.912. The van der Waals surface area contributed by atoms with Crippen LogP contribution in [0.1, 0.15) is 31.0 Å². The SMILES string of the molecule is CC(=O)N1CCC(CNc2ccccc2C2(C=O)CCn3c2cc2occc2c3=O)C1. The number of carbonyl (C=O) groups is 2. The average Bonchev–Trinajstić information content (AvgIpc) is 3.51. The molecule has 31 heavy (non-hydrogen) atoms. The highest BCUT2D eigenvalue weighted by atomic mass is 16.3. The number of rotatable bonds is 5. The molecule has 1 N–H and O–H groups in total. The van der Waals surface area contributed by atoms with Crippen LogP contribution >= 0.6 is 0 Å². The van der Waals surface area contributed by atoms with Crippen LogP contribution in [-0.4, -0.2) is 41.3 Å². The molecule has 0 bridgehead atoms. The van der Waals surface area contributed by atoms with Crippen molar-refractivity contribution >= 4 is 28.8 Å². The van der Waals surface area contributed by atoms with Gasteiger partial charge in [-0.1, -0.05) is 18.2 Å². The second-order valence-corrected chi connectivity index (χ2v) is 8.57. The molecule has 7 nitrogen and oxygen atoms in total. The summed E-state index contributed by atoms with van der Waals surface area (Å²) < 4.78 is 7.19. The van der Waals surface area contributed by atoms with Gasteiger partial charge < -0.3 is 24.0 Å². The first kappa shape index (κ1) is 19.6. The zero-order valence-electron chi connectivity index (χ0n) is 17.5. The summed E-state index contributed by atoms with van der Waals surface area (Å²) in [5, 5.41) is 4.06. The monoisotopic (exact) mass is 419 g/mol. The number of nitrogens with one attached hydrogen (secondary N) is 1. The standard InChI is InChI=1S/C24H25N3O4/c1-16(29)26-9-6-17(14-26)13-25-20-5-3-2-4-19(20)24(15-28)8-10-27-22(24)12-21-18(23(27)30)7-11-31-21/h2-5,7,11-12,15,17,25H,6,8-10,13-14H2,1H3. The number of nitrogens with zero attached hydrogens (tertiary/aromatic N) is 2. The number of aldehydes is 1. The molecule has 2 aliphatic heterocycles. The molecule has 3 aromatic rings. The van der Waals surface area contributed by atoms with Crippen LogP contribution in [-0.2, 0) is 21.5 Å². The number of hydrogen-bond acceptors (Lipinski definition) is 5. The first-order valence-corrected chi connectivity index (χ1v) is 10.7. The van der Waals surface area contributed by atoms with Crippen LogP contribution in [0.25, 0.3) is 11.0 Å². The maximum atomic E-state index is 12.9. The predicted molar refractivity (Wildman–Crippen MR) is 117 cm³/mol. The van der Waals surface area contributed by atoms with Gasteiger partial charge in [0.05, 0.1) is 17.1 Å². The smallest absolute Gasteiger partial charge is 0.261 e. The number of furan rings is 1. The second kappa shape index (κ2) is 7.41. The van der Waals surface area contributed by atoms with Crippen LogP contribution in [0, 0.1) is 5.92 Å². The van der Waals surface area contributed by atoms with Gasteiger partial charge >= 0.3 is 0 Å². The Kier molecular flexibility index (Phi) is 4.68. The lowest BCUT2D eigenvalue weighted by molar-refractivity contribution is -0.127. The maximum absolute atomic E-state index is 12.9. The van der Waals surface area contributed by atoms with Gasteiger partial charge in [-0.15, -0.1) is 0 Å². The van der Waals surface area contributed by atoms with Crippen molar-refractivity contribution < 1.29 is 14.0 Å². The van der Waals surface area contributed by atoms with Crippen molar-refractivity contribution in [2.24, 2.45) is 5.92 Å². The first-order valence-electron chi connectivity index (χ1n) is 10.7. The minimum Gasteiger partial charge on any atom is -0.464 e. The Morgan fingerprint density at radius 3 is 2.90 bits per heavy atom. The summed E-state index contributed by atoms with van der Waals surface area (Å²) in [5.41, 5.74) is 1.90. The molecule has 1 amide bonds. The molecule has 5 rings (SSSR count). The topological polar surface area (TPSA) is 84.6 Å². The molecule has 1 aromatic carbocycles. The Hall–Kier alpha value is -3.35. The van der Waals surface area contributed by atoms with E-state index in [0.29, 0.717) is 35.5 Å². The summed E-state index contributed by atoms with van der Waals surface area (Å²) in [4.78, 5) is 39.0. The summed E-state index contributed by atoms with van der Waals surface area (Å²) in [6, 6.07) is 11.3. The molecular formula is C24H25N3O4. The van der Waals surface area contributed by atoms with E-state index in [9.17, 15) is 14.4 Å². The van der Waals surface area contributed by atoms with E-state index in [4.69, 9.17) is 4.42 Å². The highest BCUT2D eigenvalue weighted by Crippen LogP contribution is 2.42. The van der Waals surface area contributed by atoms with Gasteiger partial charge in [0.2, 0.25) is 5.91 Å². The Morgan fingerprint density at radius 2 is 2.13 bits per heavy atom. The van der Waals surface area contributed by atoms with Crippen molar-refractivity contribution in [3.63, 3.8) is 0 Å². The number of benzene rings is 1. The number of para-hydroxylation sites is 1. The van der Waals surface area contributed by atoms with Gasteiger partial charge in [-0.2, -0.15) is 0 Å². The molecule has 0 aliphatic carbocycles. The van der Waals surface area contributed by atoms with Gasteiger partial charge in [-0.3, -0.25) is 9.59 Å². The summed E-state index contributed by atoms with van der Waals surface area (Å²) >= 11 is 0. The highest BCUT2D eigenvalue weighted by Gasteiger charge is 2.43. The molecule has 2 atom stereocenters. The van der Waals surface area contributed by atoms with Gasteiger partial charge in [0.1, 0.15) is 11.9 Å². The number of pyridine rings is 1. The molecule has 2 aliphatic rings. The third-order valence-electron chi connectivity index (χ3n) is 6.84. The van der Waals surface area contributed by atoms with E-state index >= 15 is 0 Å². The normalized spacial score (nSPS) is 22.6. The molecule has 0 spiro atoms. The molecule has 7 heteroatoms. The molecule has 0 saturated carbocycles. The van der Waals surface area contributed by atoms with Crippen molar-refractivity contribution in [1.29, 1.82) is 0 Å². The van der Waals surface area contributed by atoms with Crippen molar-refractivity contribution in [1.82, 2.24) is 9.47 Å².